The summed E-state index contributed by atoms with van der Waals surface area (Å²) in [6.07, 6.45) is 4.24. The molecule has 2 aromatic carbocycles. The van der Waals surface area contributed by atoms with E-state index in [0.717, 1.165) is 59.5 Å². The molecular formula is C32H34N6O4. The number of carbonyl (C=O) groups is 1. The van der Waals surface area contributed by atoms with E-state index in [0.29, 0.717) is 26.1 Å². The van der Waals surface area contributed by atoms with Crippen LogP contribution in [0.1, 0.15) is 54.7 Å². The topological polar surface area (TPSA) is 122 Å². The highest BCUT2D eigenvalue weighted by Crippen LogP contribution is 2.48. The highest BCUT2D eigenvalue weighted by atomic mass is 16.8. The van der Waals surface area contributed by atoms with Crippen molar-refractivity contribution in [3.63, 3.8) is 0 Å². The summed E-state index contributed by atoms with van der Waals surface area (Å²) in [5, 5.41) is 20.7. The minimum atomic E-state index is -0.965. The van der Waals surface area contributed by atoms with Crippen LogP contribution in [0.4, 0.5) is 11.4 Å². The van der Waals surface area contributed by atoms with Crippen LogP contribution in [0.25, 0.3) is 11.0 Å². The Morgan fingerprint density at radius 3 is 2.81 bits per heavy atom. The molecular weight excluding hydrogens is 532 g/mol. The first-order valence-electron chi connectivity index (χ1n) is 15.0. The minimum absolute atomic E-state index is 0.0156. The van der Waals surface area contributed by atoms with Gasteiger partial charge in [-0.3, -0.25) is 9.59 Å². The van der Waals surface area contributed by atoms with Crippen LogP contribution in [0, 0.1) is 17.0 Å². The Hall–Kier alpha value is -3.99. The number of aromatic nitrogens is 3. The average molecular weight is 567 g/mol. The van der Waals surface area contributed by atoms with Gasteiger partial charge < -0.3 is 24.6 Å². The van der Waals surface area contributed by atoms with Crippen molar-refractivity contribution in [3.05, 3.63) is 93.3 Å². The van der Waals surface area contributed by atoms with Crippen molar-refractivity contribution in [3.8, 4) is 0 Å². The SMILES string of the molecule is O=C([C@@H]1Cc2cc([NH+]([O-])O)ccc2N2CC3CC(Cn4c3cccc4=O)[C@@H]12)N1CCCCC1c1nc2ccccc2[nH]1. The second-order valence-electron chi connectivity index (χ2n) is 12.4. The van der Waals surface area contributed by atoms with Gasteiger partial charge in [0.2, 0.25) is 5.91 Å². The fraction of sp³-hybridized carbons (Fsp3) is 0.406. The van der Waals surface area contributed by atoms with Crippen molar-refractivity contribution in [1.29, 1.82) is 0 Å². The predicted molar refractivity (Wildman–Crippen MR) is 156 cm³/mol. The number of imidazole rings is 1. The predicted octanol–water partition coefficient (Wildman–Crippen LogP) is 3.05. The molecule has 8 rings (SSSR count). The molecule has 2 saturated heterocycles. The van der Waals surface area contributed by atoms with Gasteiger partial charge in [-0.05, 0) is 67.9 Å². The van der Waals surface area contributed by atoms with Crippen LogP contribution in [0.2, 0.25) is 0 Å². The van der Waals surface area contributed by atoms with E-state index in [1.165, 1.54) is 0 Å². The molecule has 3 N–H and O–H groups in total. The number of hydrogen-bond acceptors (Lipinski definition) is 6. The van der Waals surface area contributed by atoms with Crippen molar-refractivity contribution in [2.75, 3.05) is 18.0 Å². The minimum Gasteiger partial charge on any atom is -0.595 e. The Morgan fingerprint density at radius 2 is 1.95 bits per heavy atom. The molecule has 6 atom stereocenters. The number of aromatic amines is 1. The number of rotatable bonds is 3. The number of quaternary nitrogens is 1. The first kappa shape index (κ1) is 25.7. The van der Waals surface area contributed by atoms with Gasteiger partial charge in [0, 0.05) is 61.2 Å². The number of likely N-dealkylation sites (tertiary alicyclic amines) is 1. The maximum absolute atomic E-state index is 14.8. The largest absolute Gasteiger partial charge is 0.595 e. The van der Waals surface area contributed by atoms with Crippen LogP contribution in [-0.4, -0.2) is 49.7 Å². The number of benzene rings is 2. The van der Waals surface area contributed by atoms with Crippen molar-refractivity contribution >= 4 is 28.3 Å². The first-order valence-corrected chi connectivity index (χ1v) is 15.0. The van der Waals surface area contributed by atoms with Crippen LogP contribution >= 0.6 is 0 Å². The molecule has 216 valence electrons. The molecule has 2 fully saturated rings. The van der Waals surface area contributed by atoms with Crippen molar-refractivity contribution in [1.82, 2.24) is 19.4 Å². The number of carbonyl (C=O) groups excluding carboxylic acids is 1. The maximum Gasteiger partial charge on any atom is 0.250 e. The lowest BCUT2D eigenvalue weighted by Crippen LogP contribution is -2.99. The number of amides is 1. The van der Waals surface area contributed by atoms with E-state index in [1.54, 1.807) is 18.2 Å². The Bertz CT molecular complexity index is 1710. The normalized spacial score (nSPS) is 27.2. The molecule has 0 spiro atoms. The van der Waals surface area contributed by atoms with Gasteiger partial charge in [0.15, 0.2) is 5.69 Å². The number of hydrogen-bond donors (Lipinski definition) is 3. The standard InChI is InChI=1S/C32H34N6O4/c39-29-10-5-9-26-20-14-21(18-36(26)29)30-23(16-19-15-22(38(41)42)11-12-27(19)37(30)17-20)32(40)35-13-4-3-8-28(35)31-33-24-6-1-2-7-25(24)34-31/h1-2,5-7,9-12,15,20-21,23,28,30,38,41H,3-4,8,13-14,16-18H2,(H,33,34)/t20?,21?,23-,28?,30+/m1/s1. The van der Waals surface area contributed by atoms with Crippen molar-refractivity contribution < 1.29 is 15.2 Å². The van der Waals surface area contributed by atoms with Gasteiger partial charge in [0.05, 0.1) is 23.0 Å². The molecule has 42 heavy (non-hydrogen) atoms. The van der Waals surface area contributed by atoms with Crippen LogP contribution in [0.5, 0.6) is 0 Å². The lowest BCUT2D eigenvalue weighted by Gasteiger charge is -2.55. The van der Waals surface area contributed by atoms with E-state index in [1.807, 2.05) is 45.9 Å². The molecule has 2 bridgehead atoms. The summed E-state index contributed by atoms with van der Waals surface area (Å²) in [6.45, 7) is 1.95. The Labute approximate surface area is 242 Å². The van der Waals surface area contributed by atoms with Gasteiger partial charge in [-0.2, -0.15) is 5.23 Å². The third kappa shape index (κ3) is 4.00. The average Bonchev–Trinajstić information content (AvgIpc) is 3.45. The Balaban J connectivity index is 1.20. The van der Waals surface area contributed by atoms with E-state index in [9.17, 15) is 20.0 Å². The highest BCUT2D eigenvalue weighted by molar-refractivity contribution is 5.83. The van der Waals surface area contributed by atoms with Gasteiger partial charge in [-0.1, -0.05) is 18.2 Å². The zero-order valence-electron chi connectivity index (χ0n) is 23.3. The number of nitrogens with zero attached hydrogens (tertiary/aromatic N) is 4. The molecule has 4 unspecified atom stereocenters. The zero-order valence-corrected chi connectivity index (χ0v) is 23.3. The molecule has 6 heterocycles. The summed E-state index contributed by atoms with van der Waals surface area (Å²) >= 11 is 0. The highest BCUT2D eigenvalue weighted by Gasteiger charge is 2.51. The Kier molecular flexibility index (Phi) is 5.99. The van der Waals surface area contributed by atoms with E-state index in [4.69, 9.17) is 4.98 Å². The lowest BCUT2D eigenvalue weighted by atomic mass is 9.69. The molecule has 10 heteroatoms. The van der Waals surface area contributed by atoms with Gasteiger partial charge in [-0.15, -0.1) is 0 Å². The molecule has 4 aliphatic heterocycles. The molecule has 0 saturated carbocycles. The number of anilines is 1. The summed E-state index contributed by atoms with van der Waals surface area (Å²) in [7, 11) is 0. The van der Waals surface area contributed by atoms with Gasteiger partial charge in [-0.25, -0.2) is 10.2 Å². The molecule has 1 amide bonds. The van der Waals surface area contributed by atoms with Crippen molar-refractivity contribution in [2.45, 2.75) is 56.7 Å². The molecule has 2 aromatic heterocycles. The molecule has 4 aliphatic rings. The summed E-state index contributed by atoms with van der Waals surface area (Å²) in [5.74, 6) is 0.886. The summed E-state index contributed by atoms with van der Waals surface area (Å²) in [5.41, 5.74) is 5.10. The van der Waals surface area contributed by atoms with Gasteiger partial charge in [0.25, 0.3) is 5.56 Å². The van der Waals surface area contributed by atoms with Crippen LogP contribution in [-0.2, 0) is 17.8 Å². The first-order chi connectivity index (χ1) is 20.5. The fourth-order valence-corrected chi connectivity index (χ4v) is 8.29. The van der Waals surface area contributed by atoms with Gasteiger partial charge in [0.1, 0.15) is 5.82 Å². The maximum atomic E-state index is 14.8. The van der Waals surface area contributed by atoms with E-state index < -0.39 is 5.23 Å². The van der Waals surface area contributed by atoms with E-state index >= 15 is 0 Å². The van der Waals surface area contributed by atoms with Crippen LogP contribution in [0.3, 0.4) is 0 Å². The number of nitrogens with one attached hydrogen (secondary N) is 2. The third-order valence-corrected chi connectivity index (χ3v) is 10.1. The Morgan fingerprint density at radius 1 is 1.07 bits per heavy atom. The second-order valence-corrected chi connectivity index (χ2v) is 12.4. The number of H-pyrrole nitrogens is 1. The quantitative estimate of drug-likeness (QED) is 0.328. The zero-order chi connectivity index (χ0) is 28.5. The summed E-state index contributed by atoms with van der Waals surface area (Å²) in [6, 6.07) is 18.6. The second kappa shape index (κ2) is 9.79. The van der Waals surface area contributed by atoms with Crippen LogP contribution in [0.15, 0.2) is 65.5 Å². The van der Waals surface area contributed by atoms with E-state index in [2.05, 4.69) is 16.0 Å². The monoisotopic (exact) mass is 566 g/mol. The molecule has 10 nitrogen and oxygen atoms in total. The number of para-hydroxylation sites is 2. The fourth-order valence-electron chi connectivity index (χ4n) is 8.29. The summed E-state index contributed by atoms with van der Waals surface area (Å²) < 4.78 is 1.92. The molecule has 0 aliphatic carbocycles. The number of fused-ring (bicyclic) bond motifs is 9. The molecule has 4 aromatic rings. The van der Waals surface area contributed by atoms with Crippen LogP contribution < -0.4 is 15.7 Å². The third-order valence-electron chi connectivity index (χ3n) is 10.1. The number of pyridine rings is 1. The number of piperidine rings is 2. The van der Waals surface area contributed by atoms with Gasteiger partial charge >= 0.3 is 0 Å². The van der Waals surface area contributed by atoms with E-state index in [-0.39, 0.29) is 47.0 Å². The smallest absolute Gasteiger partial charge is 0.250 e. The summed E-state index contributed by atoms with van der Waals surface area (Å²) in [4.78, 5) is 40.4. The lowest BCUT2D eigenvalue weighted by molar-refractivity contribution is -0.991. The molecule has 0 radical (unpaired) electrons. The van der Waals surface area contributed by atoms with Crippen molar-refractivity contribution in [2.24, 2.45) is 11.8 Å².